The van der Waals surface area contributed by atoms with Crippen LogP contribution in [0.1, 0.15) is 24.6 Å². The maximum Gasteiger partial charge on any atom is 0.245 e. The van der Waals surface area contributed by atoms with Gasteiger partial charge in [0.25, 0.3) is 0 Å². The van der Waals surface area contributed by atoms with E-state index in [2.05, 4.69) is 23.0 Å². The molecule has 0 bridgehead atoms. The van der Waals surface area contributed by atoms with E-state index in [0.717, 1.165) is 18.5 Å². The molecule has 116 valence electrons. The summed E-state index contributed by atoms with van der Waals surface area (Å²) < 4.78 is 28.9. The Kier molecular flexibility index (Phi) is 5.03. The molecule has 0 aliphatic heterocycles. The van der Waals surface area contributed by atoms with Gasteiger partial charge in [0.2, 0.25) is 10.0 Å². The minimum absolute atomic E-state index is 0.282. The highest BCUT2D eigenvalue weighted by Gasteiger charge is 2.30. The normalized spacial score (nSPS) is 15.3. The highest BCUT2D eigenvalue weighted by Crippen LogP contribution is 2.37. The van der Waals surface area contributed by atoms with Gasteiger partial charge in [0.1, 0.15) is 4.90 Å². The zero-order valence-corrected chi connectivity index (χ0v) is 13.3. The summed E-state index contributed by atoms with van der Waals surface area (Å²) in [4.78, 5) is 0.350. The molecule has 2 rings (SSSR count). The van der Waals surface area contributed by atoms with Crippen LogP contribution in [-0.4, -0.2) is 37.4 Å². The number of nitrogens with zero attached hydrogens (tertiary/aromatic N) is 2. The fraction of sp³-hybridized carbons (Fsp3) is 0.467. The second-order valence-corrected chi connectivity index (χ2v) is 7.17. The SMILES string of the molecule is C=CCN(CC=C)S(=O)(=O)c1cc(CNC)n(C2CC2)c1. The first-order valence-corrected chi connectivity index (χ1v) is 8.56. The molecule has 1 N–H and O–H groups in total. The molecule has 0 amide bonds. The van der Waals surface area contributed by atoms with Crippen LogP contribution in [0.3, 0.4) is 0 Å². The van der Waals surface area contributed by atoms with E-state index in [1.165, 1.54) is 4.31 Å². The zero-order valence-electron chi connectivity index (χ0n) is 12.5. The predicted octanol–water partition coefficient (Wildman–Crippen LogP) is 1.91. The standard InChI is InChI=1S/C15H23N3O2S/c1-4-8-17(9-5-2)21(19,20)15-10-14(11-16-3)18(12-15)13-6-7-13/h4-5,10,12-13,16H,1-2,6-9,11H2,3H3. The zero-order chi connectivity index (χ0) is 15.5. The molecule has 0 saturated heterocycles. The Balaban J connectivity index is 2.36. The lowest BCUT2D eigenvalue weighted by molar-refractivity contribution is 0.474. The van der Waals surface area contributed by atoms with Crippen molar-refractivity contribution >= 4 is 10.0 Å². The van der Waals surface area contributed by atoms with E-state index in [4.69, 9.17) is 0 Å². The Morgan fingerprint density at radius 3 is 2.48 bits per heavy atom. The van der Waals surface area contributed by atoms with Crippen LogP contribution in [0.4, 0.5) is 0 Å². The molecule has 1 aromatic heterocycles. The second-order valence-electron chi connectivity index (χ2n) is 5.24. The summed E-state index contributed by atoms with van der Waals surface area (Å²) in [5.41, 5.74) is 1.01. The summed E-state index contributed by atoms with van der Waals surface area (Å²) in [5, 5.41) is 3.09. The smallest absolute Gasteiger partial charge is 0.245 e. The Morgan fingerprint density at radius 1 is 1.38 bits per heavy atom. The molecule has 1 aromatic rings. The van der Waals surface area contributed by atoms with Gasteiger partial charge in [0, 0.05) is 37.6 Å². The van der Waals surface area contributed by atoms with Gasteiger partial charge in [0.05, 0.1) is 0 Å². The molecule has 21 heavy (non-hydrogen) atoms. The summed E-state index contributed by atoms with van der Waals surface area (Å²) in [5.74, 6) is 0. The molecule has 0 unspecified atom stereocenters. The Hall–Kier alpha value is -1.37. The van der Waals surface area contributed by atoms with Crippen molar-refractivity contribution in [3.05, 3.63) is 43.3 Å². The average Bonchev–Trinajstić information content (AvgIpc) is 3.20. The molecule has 1 saturated carbocycles. The molecule has 1 heterocycles. The Morgan fingerprint density at radius 2 is 2.00 bits per heavy atom. The monoisotopic (exact) mass is 309 g/mol. The van der Waals surface area contributed by atoms with Crippen molar-refractivity contribution in [2.75, 3.05) is 20.1 Å². The molecule has 0 radical (unpaired) electrons. The molecule has 1 aliphatic rings. The van der Waals surface area contributed by atoms with Crippen molar-refractivity contribution in [3.63, 3.8) is 0 Å². The van der Waals surface area contributed by atoms with Crippen molar-refractivity contribution in [2.24, 2.45) is 0 Å². The van der Waals surface area contributed by atoms with Gasteiger partial charge < -0.3 is 9.88 Å². The summed E-state index contributed by atoms with van der Waals surface area (Å²) in [7, 11) is -1.65. The molecule has 0 spiro atoms. The average molecular weight is 309 g/mol. The minimum Gasteiger partial charge on any atom is -0.346 e. The van der Waals surface area contributed by atoms with Crippen molar-refractivity contribution < 1.29 is 8.42 Å². The maximum atomic E-state index is 12.7. The van der Waals surface area contributed by atoms with E-state index in [1.54, 1.807) is 24.4 Å². The number of hydrogen-bond donors (Lipinski definition) is 1. The molecule has 5 nitrogen and oxygen atoms in total. The number of sulfonamides is 1. The van der Waals surface area contributed by atoms with E-state index in [0.29, 0.717) is 17.5 Å². The van der Waals surface area contributed by atoms with Crippen LogP contribution >= 0.6 is 0 Å². The third-order valence-corrected chi connectivity index (χ3v) is 5.31. The summed E-state index contributed by atoms with van der Waals surface area (Å²) in [6.07, 6.45) is 7.18. The fourth-order valence-electron chi connectivity index (χ4n) is 2.36. The first-order valence-electron chi connectivity index (χ1n) is 7.12. The van der Waals surface area contributed by atoms with Crippen LogP contribution in [0.25, 0.3) is 0 Å². The molecule has 0 atom stereocenters. The Bertz CT molecular complexity index is 605. The first kappa shape index (κ1) is 16.0. The van der Waals surface area contributed by atoms with E-state index < -0.39 is 10.0 Å². The third-order valence-electron chi connectivity index (χ3n) is 3.51. The summed E-state index contributed by atoms with van der Waals surface area (Å²) >= 11 is 0. The van der Waals surface area contributed by atoms with Gasteiger partial charge in [-0.1, -0.05) is 12.2 Å². The van der Waals surface area contributed by atoms with Gasteiger partial charge in [-0.15, -0.1) is 13.2 Å². The Labute approximate surface area is 127 Å². The van der Waals surface area contributed by atoms with E-state index in [1.807, 2.05) is 7.05 Å². The minimum atomic E-state index is -3.51. The molecular weight excluding hydrogens is 286 g/mol. The van der Waals surface area contributed by atoms with Crippen molar-refractivity contribution in [3.8, 4) is 0 Å². The second kappa shape index (κ2) is 6.60. The van der Waals surface area contributed by atoms with Crippen LogP contribution < -0.4 is 5.32 Å². The molecule has 1 aliphatic carbocycles. The maximum absolute atomic E-state index is 12.7. The van der Waals surface area contributed by atoms with E-state index in [-0.39, 0.29) is 13.1 Å². The molecule has 1 fully saturated rings. The van der Waals surface area contributed by atoms with Gasteiger partial charge in [-0.3, -0.25) is 0 Å². The predicted molar refractivity (Wildman–Crippen MR) is 84.6 cm³/mol. The molecule has 6 heteroatoms. The highest BCUT2D eigenvalue weighted by atomic mass is 32.2. The lowest BCUT2D eigenvalue weighted by Gasteiger charge is -2.17. The number of hydrogen-bond acceptors (Lipinski definition) is 3. The van der Waals surface area contributed by atoms with Crippen LogP contribution in [0, 0.1) is 0 Å². The lowest BCUT2D eigenvalue weighted by Crippen LogP contribution is -2.31. The number of nitrogens with one attached hydrogen (secondary N) is 1. The van der Waals surface area contributed by atoms with Gasteiger partial charge >= 0.3 is 0 Å². The van der Waals surface area contributed by atoms with Crippen LogP contribution in [-0.2, 0) is 16.6 Å². The van der Waals surface area contributed by atoms with E-state index >= 15 is 0 Å². The topological polar surface area (TPSA) is 54.3 Å². The molecular formula is C15H23N3O2S. The van der Waals surface area contributed by atoms with Crippen molar-refractivity contribution in [1.82, 2.24) is 14.2 Å². The number of aromatic nitrogens is 1. The van der Waals surface area contributed by atoms with E-state index in [9.17, 15) is 8.42 Å². The van der Waals surface area contributed by atoms with Crippen molar-refractivity contribution in [2.45, 2.75) is 30.3 Å². The lowest BCUT2D eigenvalue weighted by atomic mass is 10.4. The third kappa shape index (κ3) is 3.45. The molecule has 0 aromatic carbocycles. The first-order chi connectivity index (χ1) is 10.0. The van der Waals surface area contributed by atoms with Gasteiger partial charge in [0.15, 0.2) is 0 Å². The highest BCUT2D eigenvalue weighted by molar-refractivity contribution is 7.89. The van der Waals surface area contributed by atoms with Crippen LogP contribution in [0.15, 0.2) is 42.5 Å². The number of rotatable bonds is 9. The largest absolute Gasteiger partial charge is 0.346 e. The fourth-order valence-corrected chi connectivity index (χ4v) is 3.79. The summed E-state index contributed by atoms with van der Waals surface area (Å²) in [6.45, 7) is 8.48. The van der Waals surface area contributed by atoms with Crippen LogP contribution in [0.5, 0.6) is 0 Å². The quantitative estimate of drug-likeness (QED) is 0.709. The van der Waals surface area contributed by atoms with Crippen LogP contribution in [0.2, 0.25) is 0 Å². The van der Waals surface area contributed by atoms with Gasteiger partial charge in [-0.2, -0.15) is 4.31 Å². The van der Waals surface area contributed by atoms with Gasteiger partial charge in [-0.05, 0) is 26.0 Å². The van der Waals surface area contributed by atoms with Crippen molar-refractivity contribution in [1.29, 1.82) is 0 Å². The summed E-state index contributed by atoms with van der Waals surface area (Å²) in [6, 6.07) is 2.22. The van der Waals surface area contributed by atoms with Gasteiger partial charge in [-0.25, -0.2) is 8.42 Å².